The van der Waals surface area contributed by atoms with Crippen LogP contribution in [0.4, 0.5) is 0 Å². The van der Waals surface area contributed by atoms with Gasteiger partial charge >= 0.3 is 0 Å². The van der Waals surface area contributed by atoms with E-state index in [0.29, 0.717) is 46.8 Å². The zero-order valence-electron chi connectivity index (χ0n) is 54.2. The minimum Gasteiger partial charge on any atom is -0.507 e. The van der Waals surface area contributed by atoms with Gasteiger partial charge in [-0.15, -0.1) is 0 Å². The van der Waals surface area contributed by atoms with Crippen LogP contribution in [0.3, 0.4) is 0 Å². The molecule has 0 spiro atoms. The number of nitrogens with one attached hydrogen (secondary N) is 2. The zero-order chi connectivity index (χ0) is 63.3. The Bertz CT molecular complexity index is 4400. The number of ether oxygens (including phenoxy) is 2. The molecule has 1 aliphatic carbocycles. The highest BCUT2D eigenvalue weighted by molar-refractivity contribution is 6.24. The fourth-order valence-corrected chi connectivity index (χ4v) is 13.7. The third kappa shape index (κ3) is 11.4. The molecule has 0 aromatic heterocycles. The second-order valence-electron chi connectivity index (χ2n) is 29.5. The van der Waals surface area contributed by atoms with Gasteiger partial charge in [0.05, 0.1) is 0 Å². The van der Waals surface area contributed by atoms with Crippen LogP contribution in [0, 0.1) is 0 Å². The lowest BCUT2D eigenvalue weighted by Gasteiger charge is -2.28. The number of carbonyl (C=O) groups is 2. The Morgan fingerprint density at radius 1 is 0.356 bits per heavy atom. The number of amides is 2. The smallest absolute Gasteiger partial charge is 0.258 e. The molecule has 13 rings (SSSR count). The second-order valence-corrected chi connectivity index (χ2v) is 29.5. The monoisotopic (exact) mass is 1190 g/mol. The van der Waals surface area contributed by atoms with Crippen molar-refractivity contribution in [3.05, 3.63) is 236 Å². The van der Waals surface area contributed by atoms with Crippen molar-refractivity contribution < 1.29 is 29.3 Å². The average Bonchev–Trinajstić information content (AvgIpc) is 0.774. The number of hydrogen-bond donors (Lipinski definition) is 4. The van der Waals surface area contributed by atoms with E-state index >= 15 is 0 Å². The molecule has 12 aromatic carbocycles. The van der Waals surface area contributed by atoms with Crippen LogP contribution >= 0.6 is 0 Å². The molecule has 0 aliphatic heterocycles. The molecule has 4 N–H and O–H groups in total. The molecule has 0 radical (unpaired) electrons. The summed E-state index contributed by atoms with van der Waals surface area (Å²) in [5, 5.41) is 46.5. The SMILES string of the molecule is CC(C)(C)c1cc2c(O)c(c1)Cc1cc(C(C)(C)C)cc(c1OCC(=O)NCc1ccc3ccc4cccc5ccc1c3c45)Cc1cc(C(C)(C)C)cc(c1O)Cc1cc(C(C)(C)C)cc(c1OCC(=O)NCc1ccc3ccc4cccc5ccc1c3c45)C2. The van der Waals surface area contributed by atoms with Crippen LogP contribution in [0.5, 0.6) is 23.0 Å². The number of aromatic hydroxyl groups is 2. The van der Waals surface area contributed by atoms with Gasteiger partial charge < -0.3 is 30.3 Å². The van der Waals surface area contributed by atoms with Gasteiger partial charge in [-0.1, -0.05) is 241 Å². The summed E-state index contributed by atoms with van der Waals surface area (Å²) in [6.07, 6.45) is 1.12. The summed E-state index contributed by atoms with van der Waals surface area (Å²) in [4.78, 5) is 28.7. The lowest BCUT2D eigenvalue weighted by molar-refractivity contribution is -0.124. The summed E-state index contributed by atoms with van der Waals surface area (Å²) < 4.78 is 13.9. The van der Waals surface area contributed by atoms with E-state index in [-0.39, 0.29) is 83.9 Å². The molecule has 8 nitrogen and oxygen atoms in total. The standard InChI is InChI=1S/C82H82N2O6/c1-79(2,3)63-35-55-31-59-39-65(81(7,8)9)41-61(77(59)89-45-69(85)83-43-53-25-23-51-21-19-47-15-13-17-49-27-29-67(53)73(51)71(47)49)33-57-37-64(80(4,5)6)38-58(76(57)88)34-62-42-66(82(10,11)12)40-60(32-56(36-63)75(55)87)78(62)90-46-70(86)84-44-54-26-24-52-22-20-48-16-14-18-50-28-30-68(54)74(52)72(48)50/h13-30,35-42,87-88H,31-34,43-46H2,1-12H3,(H,83,85)(H,84,86). The van der Waals surface area contributed by atoms with E-state index in [0.717, 1.165) is 77.2 Å². The Hall–Kier alpha value is -9.14. The summed E-state index contributed by atoms with van der Waals surface area (Å²) in [7, 11) is 0. The van der Waals surface area contributed by atoms with Crippen LogP contribution in [-0.4, -0.2) is 35.2 Å². The predicted octanol–water partition coefficient (Wildman–Crippen LogP) is 18.1. The summed E-state index contributed by atoms with van der Waals surface area (Å²) in [6, 6.07) is 55.8. The van der Waals surface area contributed by atoms with Crippen LogP contribution in [0.15, 0.2) is 158 Å². The first kappa shape index (κ1) is 59.8. The van der Waals surface area contributed by atoms with E-state index in [1.165, 1.54) is 43.1 Å². The quantitative estimate of drug-likeness (QED) is 0.101. The van der Waals surface area contributed by atoms with Crippen LogP contribution in [0.25, 0.3) is 64.6 Å². The number of rotatable bonds is 10. The molecule has 0 heterocycles. The Morgan fingerprint density at radius 2 is 0.611 bits per heavy atom. The van der Waals surface area contributed by atoms with Gasteiger partial charge in [-0.25, -0.2) is 0 Å². The summed E-state index contributed by atoms with van der Waals surface area (Å²) in [5.41, 5.74) is 11.1. The molecule has 12 aromatic rings. The highest BCUT2D eigenvalue weighted by atomic mass is 16.5. The average molecular weight is 1190 g/mol. The number of hydrogen-bond acceptors (Lipinski definition) is 6. The second kappa shape index (κ2) is 22.4. The Morgan fingerprint density at radius 3 is 0.900 bits per heavy atom. The van der Waals surface area contributed by atoms with Crippen LogP contribution in [0.2, 0.25) is 0 Å². The molecule has 90 heavy (non-hydrogen) atoms. The van der Waals surface area contributed by atoms with Gasteiger partial charge in [0.25, 0.3) is 11.8 Å². The highest BCUT2D eigenvalue weighted by Crippen LogP contribution is 2.45. The highest BCUT2D eigenvalue weighted by Gasteiger charge is 2.30. The third-order valence-corrected chi connectivity index (χ3v) is 18.9. The lowest BCUT2D eigenvalue weighted by Crippen LogP contribution is -2.29. The Kier molecular flexibility index (Phi) is 14.9. The van der Waals surface area contributed by atoms with Crippen LogP contribution in [0.1, 0.15) is 161 Å². The van der Waals surface area contributed by atoms with E-state index in [1.54, 1.807) is 0 Å². The van der Waals surface area contributed by atoms with Crippen LogP contribution in [-0.2, 0) is 70.0 Å². The number of benzene rings is 12. The number of carbonyl (C=O) groups excluding carboxylic acids is 2. The van der Waals surface area contributed by atoms with Crippen molar-refractivity contribution in [1.29, 1.82) is 0 Å². The summed E-state index contributed by atoms with van der Waals surface area (Å²) in [5.74, 6) is 0.874. The molecule has 0 saturated carbocycles. The molecule has 456 valence electrons. The largest absolute Gasteiger partial charge is 0.507 e. The molecular formula is C82H82N2O6. The molecule has 8 heteroatoms. The molecule has 0 saturated heterocycles. The maximum atomic E-state index is 14.4. The van der Waals surface area contributed by atoms with Gasteiger partial charge in [-0.3, -0.25) is 9.59 Å². The summed E-state index contributed by atoms with van der Waals surface area (Å²) in [6.45, 7) is 26.4. The third-order valence-electron chi connectivity index (χ3n) is 18.9. The fourth-order valence-electron chi connectivity index (χ4n) is 13.7. The van der Waals surface area contributed by atoms with Gasteiger partial charge in [0.2, 0.25) is 0 Å². The number of phenols is 2. The Balaban J connectivity index is 0.894. The van der Waals surface area contributed by atoms with Crippen molar-refractivity contribution in [3.8, 4) is 23.0 Å². The van der Waals surface area contributed by atoms with Gasteiger partial charge in [0, 0.05) is 38.8 Å². The van der Waals surface area contributed by atoms with E-state index in [4.69, 9.17) is 9.47 Å². The molecule has 2 amide bonds. The molecule has 8 bridgehead atoms. The Labute approximate surface area is 528 Å². The first-order valence-electron chi connectivity index (χ1n) is 31.9. The minimum atomic E-state index is -0.321. The van der Waals surface area contributed by atoms with E-state index < -0.39 is 0 Å². The predicted molar refractivity (Wildman–Crippen MR) is 370 cm³/mol. The molecule has 0 atom stereocenters. The number of phenolic OH excluding ortho intramolecular Hbond substituents is 2. The first-order valence-corrected chi connectivity index (χ1v) is 31.9. The van der Waals surface area contributed by atoms with E-state index in [9.17, 15) is 19.8 Å². The van der Waals surface area contributed by atoms with Crippen molar-refractivity contribution in [1.82, 2.24) is 10.6 Å². The molecule has 0 fully saturated rings. The van der Waals surface area contributed by atoms with Gasteiger partial charge in [-0.05, 0) is 164 Å². The lowest BCUT2D eigenvalue weighted by atomic mass is 9.79. The molecular weight excluding hydrogens is 1110 g/mol. The van der Waals surface area contributed by atoms with Crippen molar-refractivity contribution >= 4 is 76.4 Å². The maximum Gasteiger partial charge on any atom is 0.258 e. The fraction of sp³-hybridized carbons (Fsp3) is 0.293. The van der Waals surface area contributed by atoms with Crippen LogP contribution < -0.4 is 20.1 Å². The van der Waals surface area contributed by atoms with Crippen molar-refractivity contribution in [2.75, 3.05) is 13.2 Å². The van der Waals surface area contributed by atoms with Gasteiger partial charge in [0.1, 0.15) is 23.0 Å². The normalized spacial score (nSPS) is 13.3. The van der Waals surface area contributed by atoms with Gasteiger partial charge in [0.15, 0.2) is 13.2 Å². The van der Waals surface area contributed by atoms with Crippen molar-refractivity contribution in [3.63, 3.8) is 0 Å². The molecule has 0 unspecified atom stereocenters. The topological polar surface area (TPSA) is 117 Å². The summed E-state index contributed by atoms with van der Waals surface area (Å²) >= 11 is 0. The van der Waals surface area contributed by atoms with Gasteiger partial charge in [-0.2, -0.15) is 0 Å². The minimum absolute atomic E-state index is 0.159. The van der Waals surface area contributed by atoms with E-state index in [2.05, 4.69) is 251 Å². The first-order chi connectivity index (χ1) is 42.7. The zero-order valence-corrected chi connectivity index (χ0v) is 54.2. The molecule has 1 aliphatic rings. The van der Waals surface area contributed by atoms with E-state index in [1.807, 2.05) is 0 Å². The van der Waals surface area contributed by atoms with Crippen molar-refractivity contribution in [2.24, 2.45) is 0 Å². The maximum absolute atomic E-state index is 14.4. The van der Waals surface area contributed by atoms with Crippen molar-refractivity contribution in [2.45, 2.75) is 144 Å². The number of fused-ring (bicyclic) bond motifs is 8.